The van der Waals surface area contributed by atoms with Gasteiger partial charge in [-0.3, -0.25) is 13.8 Å². The minimum Gasteiger partial charge on any atom is -0.387 e. The molecule has 70 heavy (non-hydrogen) atoms. The number of phosphoric ester groups is 1. The zero-order chi connectivity index (χ0) is 51.3. The highest BCUT2D eigenvalue weighted by Crippen LogP contribution is 2.43. The van der Waals surface area contributed by atoms with E-state index in [1.165, 1.54) is 199 Å². The van der Waals surface area contributed by atoms with Gasteiger partial charge in [-0.1, -0.05) is 248 Å². The molecule has 0 aliphatic heterocycles. The molecule has 0 spiro atoms. The second kappa shape index (κ2) is 52.1. The lowest BCUT2D eigenvalue weighted by Gasteiger charge is -2.25. The van der Waals surface area contributed by atoms with E-state index >= 15 is 0 Å². The Labute approximate surface area is 434 Å². The Kier molecular flexibility index (Phi) is 50.7. The van der Waals surface area contributed by atoms with Crippen LogP contribution in [-0.2, 0) is 18.4 Å². The van der Waals surface area contributed by atoms with Crippen LogP contribution in [0.25, 0.3) is 0 Å². The van der Waals surface area contributed by atoms with Crippen LogP contribution in [0, 0.1) is 0 Å². The molecule has 0 rings (SSSR count). The zero-order valence-electron chi connectivity index (χ0n) is 46.8. The summed E-state index contributed by atoms with van der Waals surface area (Å²) in [6.07, 6.45) is 70.4. The smallest absolute Gasteiger partial charge is 0.387 e. The molecule has 0 aromatic rings. The SMILES string of the molecule is CCCCCCCCCCC/C=C\C/C=C\CCCCCCCCCCCC(=O)NC(COP(=O)(O)OCC[N+](C)(C)C)C(O)/C=C/CC/C=C/CC/C=C/CCCCCCCCCCCCCCC. The molecule has 0 aromatic carbocycles. The summed E-state index contributed by atoms with van der Waals surface area (Å²) < 4.78 is 23.7. The number of aliphatic hydroxyl groups excluding tert-OH is 1. The lowest BCUT2D eigenvalue weighted by atomic mass is 10.0. The largest absolute Gasteiger partial charge is 0.472 e. The van der Waals surface area contributed by atoms with Gasteiger partial charge >= 0.3 is 7.82 Å². The van der Waals surface area contributed by atoms with Gasteiger partial charge < -0.3 is 19.8 Å². The van der Waals surface area contributed by atoms with Crippen molar-refractivity contribution < 1.29 is 32.9 Å². The minimum atomic E-state index is -4.36. The first-order valence-electron chi connectivity index (χ1n) is 29.7. The Bertz CT molecular complexity index is 1320. The van der Waals surface area contributed by atoms with Crippen molar-refractivity contribution in [3.8, 4) is 0 Å². The number of quaternary nitrogens is 1. The number of rotatable bonds is 54. The number of phosphoric acid groups is 1. The number of hydrogen-bond donors (Lipinski definition) is 3. The van der Waals surface area contributed by atoms with Gasteiger partial charge in [-0.25, -0.2) is 4.57 Å². The molecule has 3 N–H and O–H groups in total. The maximum atomic E-state index is 13.0. The monoisotopic (exact) mass is 1000 g/mol. The Morgan fingerprint density at radius 1 is 0.486 bits per heavy atom. The van der Waals surface area contributed by atoms with Gasteiger partial charge in [0.2, 0.25) is 5.91 Å². The van der Waals surface area contributed by atoms with Gasteiger partial charge in [0, 0.05) is 6.42 Å². The summed E-state index contributed by atoms with van der Waals surface area (Å²) in [6, 6.07) is -0.875. The molecule has 0 aliphatic rings. The van der Waals surface area contributed by atoms with E-state index < -0.39 is 20.0 Å². The van der Waals surface area contributed by atoms with E-state index in [1.54, 1.807) is 6.08 Å². The van der Waals surface area contributed by atoms with Gasteiger partial charge in [0.15, 0.2) is 0 Å². The van der Waals surface area contributed by atoms with Crippen LogP contribution in [0.1, 0.15) is 271 Å². The van der Waals surface area contributed by atoms with Crippen LogP contribution in [-0.4, -0.2) is 73.4 Å². The predicted molar refractivity (Wildman–Crippen MR) is 304 cm³/mol. The van der Waals surface area contributed by atoms with E-state index in [2.05, 4.69) is 67.8 Å². The predicted octanol–water partition coefficient (Wildman–Crippen LogP) is 18.1. The van der Waals surface area contributed by atoms with Gasteiger partial charge in [-0.2, -0.15) is 0 Å². The van der Waals surface area contributed by atoms with Gasteiger partial charge in [-0.15, -0.1) is 0 Å². The van der Waals surface area contributed by atoms with E-state index in [9.17, 15) is 19.4 Å². The third kappa shape index (κ3) is 54.0. The molecule has 3 atom stereocenters. The van der Waals surface area contributed by atoms with E-state index in [4.69, 9.17) is 9.05 Å². The molecule has 0 fully saturated rings. The second-order valence-electron chi connectivity index (χ2n) is 21.3. The number of nitrogens with zero attached hydrogens (tertiary/aromatic N) is 1. The Morgan fingerprint density at radius 2 is 0.829 bits per heavy atom. The third-order valence-corrected chi connectivity index (χ3v) is 14.2. The molecular formula is C61H116N2O6P+. The normalized spacial score (nSPS) is 14.3. The van der Waals surface area contributed by atoms with Crippen molar-refractivity contribution in [2.75, 3.05) is 40.9 Å². The fourth-order valence-electron chi connectivity index (χ4n) is 8.52. The number of allylic oxidation sites excluding steroid dienone is 9. The molecule has 1 amide bonds. The van der Waals surface area contributed by atoms with Crippen molar-refractivity contribution in [1.82, 2.24) is 5.32 Å². The summed E-state index contributed by atoms with van der Waals surface area (Å²) in [5.41, 5.74) is 0. The van der Waals surface area contributed by atoms with E-state index in [0.717, 1.165) is 51.4 Å². The molecule has 3 unspecified atom stereocenters. The van der Waals surface area contributed by atoms with Crippen molar-refractivity contribution >= 4 is 13.7 Å². The van der Waals surface area contributed by atoms with Crippen LogP contribution in [0.2, 0.25) is 0 Å². The highest BCUT2D eigenvalue weighted by molar-refractivity contribution is 7.47. The van der Waals surface area contributed by atoms with Crippen LogP contribution in [0.5, 0.6) is 0 Å². The molecular weight excluding hydrogens is 888 g/mol. The topological polar surface area (TPSA) is 105 Å². The minimum absolute atomic E-state index is 0.0510. The Balaban J connectivity index is 4.29. The van der Waals surface area contributed by atoms with Crippen LogP contribution in [0.15, 0.2) is 60.8 Å². The maximum Gasteiger partial charge on any atom is 0.472 e. The number of nitrogens with one attached hydrogen (secondary N) is 1. The first-order chi connectivity index (χ1) is 34.0. The summed E-state index contributed by atoms with van der Waals surface area (Å²) in [4.78, 5) is 23.3. The highest BCUT2D eigenvalue weighted by atomic mass is 31.2. The summed E-state index contributed by atoms with van der Waals surface area (Å²) in [7, 11) is 1.54. The quantitative estimate of drug-likeness (QED) is 0.0243. The van der Waals surface area contributed by atoms with Crippen LogP contribution < -0.4 is 5.32 Å². The van der Waals surface area contributed by atoms with Crippen LogP contribution in [0.3, 0.4) is 0 Å². The average molecular weight is 1000 g/mol. The number of likely N-dealkylation sites (N-methyl/N-ethyl adjacent to an activating group) is 1. The lowest BCUT2D eigenvalue weighted by Crippen LogP contribution is -2.45. The molecule has 0 saturated heterocycles. The second-order valence-corrected chi connectivity index (χ2v) is 22.8. The lowest BCUT2D eigenvalue weighted by molar-refractivity contribution is -0.870. The van der Waals surface area contributed by atoms with Gasteiger partial charge in [-0.05, 0) is 77.0 Å². The number of unbranched alkanes of at least 4 members (excludes halogenated alkanes) is 33. The van der Waals surface area contributed by atoms with E-state index in [-0.39, 0.29) is 19.1 Å². The van der Waals surface area contributed by atoms with Crippen LogP contribution in [0.4, 0.5) is 0 Å². The van der Waals surface area contributed by atoms with Crippen molar-refractivity contribution in [3.05, 3.63) is 60.8 Å². The Hall–Kier alpha value is -1.80. The fraction of sp³-hybridized carbons (Fsp3) is 0.820. The third-order valence-electron chi connectivity index (χ3n) is 13.2. The summed E-state index contributed by atoms with van der Waals surface area (Å²) in [5.74, 6) is -0.194. The first kappa shape index (κ1) is 68.2. The Morgan fingerprint density at radius 3 is 1.23 bits per heavy atom. The first-order valence-corrected chi connectivity index (χ1v) is 31.2. The summed E-state index contributed by atoms with van der Waals surface area (Å²) in [5, 5.41) is 13.9. The van der Waals surface area contributed by atoms with Crippen molar-refractivity contribution in [3.63, 3.8) is 0 Å². The van der Waals surface area contributed by atoms with Gasteiger partial charge in [0.25, 0.3) is 0 Å². The summed E-state index contributed by atoms with van der Waals surface area (Å²) >= 11 is 0. The van der Waals surface area contributed by atoms with Crippen molar-refractivity contribution in [1.29, 1.82) is 0 Å². The van der Waals surface area contributed by atoms with E-state index in [1.807, 2.05) is 27.2 Å². The highest BCUT2D eigenvalue weighted by Gasteiger charge is 2.27. The molecule has 0 bridgehead atoms. The van der Waals surface area contributed by atoms with Crippen molar-refractivity contribution in [2.45, 2.75) is 283 Å². The molecule has 0 radical (unpaired) electrons. The molecule has 0 aliphatic carbocycles. The molecule has 9 heteroatoms. The molecule has 410 valence electrons. The number of carbonyl (C=O) groups is 1. The molecule has 0 saturated carbocycles. The standard InChI is InChI=1S/C61H115N2O6P/c1-6-8-10-12-14-16-18-20-22-24-26-28-30-31-33-35-37-39-41-43-45-47-49-51-53-55-61(65)62-59(58-69-70(66,67)68-57-56-63(3,4)5)60(64)54-52-50-48-46-44-42-40-38-36-34-32-29-27-25-23-21-19-17-15-13-11-9-7-2/h26,28,31,33,36,38,44,46,52,54,59-60,64H,6-25,27,29-30,32,34-35,37,39-43,45,47-51,53,55-58H2,1-5H3,(H-,62,65,66,67)/p+1/b28-26-,33-31-,38-36+,46-44+,54-52+. The number of aliphatic hydroxyl groups is 1. The summed E-state index contributed by atoms with van der Waals surface area (Å²) in [6.45, 7) is 4.81. The number of hydrogen-bond acceptors (Lipinski definition) is 5. The van der Waals surface area contributed by atoms with Gasteiger partial charge in [0.1, 0.15) is 13.2 Å². The van der Waals surface area contributed by atoms with E-state index in [0.29, 0.717) is 17.4 Å². The number of carbonyl (C=O) groups excluding carboxylic acids is 1. The van der Waals surface area contributed by atoms with Gasteiger partial charge in [0.05, 0.1) is 39.9 Å². The number of amides is 1. The van der Waals surface area contributed by atoms with Crippen LogP contribution >= 0.6 is 7.82 Å². The zero-order valence-corrected chi connectivity index (χ0v) is 47.7. The fourth-order valence-corrected chi connectivity index (χ4v) is 9.25. The molecule has 0 heterocycles. The average Bonchev–Trinajstić information content (AvgIpc) is 3.32. The molecule has 8 nitrogen and oxygen atoms in total. The molecule has 0 aromatic heterocycles. The maximum absolute atomic E-state index is 13.0. The van der Waals surface area contributed by atoms with Crippen molar-refractivity contribution in [2.24, 2.45) is 0 Å².